The first-order valence-corrected chi connectivity index (χ1v) is 7.20. The standard InChI is InChI=1S/C14H26N2O2/c1-10(2)12-8-13(9-12)16-6-4-15(5-7-16)11(3)14(17)18/h10-13H,4-9H2,1-3H3,(H,17,18). The van der Waals surface area contributed by atoms with Crippen molar-refractivity contribution in [3.63, 3.8) is 0 Å². The first kappa shape index (κ1) is 13.8. The van der Waals surface area contributed by atoms with Crippen molar-refractivity contribution in [3.05, 3.63) is 0 Å². The molecule has 2 rings (SSSR count). The van der Waals surface area contributed by atoms with E-state index in [9.17, 15) is 4.79 Å². The van der Waals surface area contributed by atoms with E-state index in [1.165, 1.54) is 12.8 Å². The van der Waals surface area contributed by atoms with Gasteiger partial charge in [-0.15, -0.1) is 0 Å². The Morgan fingerprint density at radius 3 is 2.11 bits per heavy atom. The minimum Gasteiger partial charge on any atom is -0.480 e. The van der Waals surface area contributed by atoms with Crippen molar-refractivity contribution in [3.8, 4) is 0 Å². The molecule has 1 N–H and O–H groups in total. The Morgan fingerprint density at radius 2 is 1.67 bits per heavy atom. The summed E-state index contributed by atoms with van der Waals surface area (Å²) in [4.78, 5) is 15.6. The molecule has 1 saturated carbocycles. The highest BCUT2D eigenvalue weighted by Crippen LogP contribution is 2.37. The molecular weight excluding hydrogens is 228 g/mol. The van der Waals surface area contributed by atoms with Crippen LogP contribution >= 0.6 is 0 Å². The van der Waals surface area contributed by atoms with Crippen LogP contribution in [-0.2, 0) is 4.79 Å². The topological polar surface area (TPSA) is 43.8 Å². The van der Waals surface area contributed by atoms with Crippen LogP contribution in [0.4, 0.5) is 0 Å². The van der Waals surface area contributed by atoms with E-state index < -0.39 is 5.97 Å². The molecule has 18 heavy (non-hydrogen) atoms. The van der Waals surface area contributed by atoms with Gasteiger partial charge in [-0.2, -0.15) is 0 Å². The van der Waals surface area contributed by atoms with Crippen molar-refractivity contribution < 1.29 is 9.90 Å². The highest BCUT2D eigenvalue weighted by Gasteiger charge is 2.37. The first-order valence-electron chi connectivity index (χ1n) is 7.20. The second kappa shape index (κ2) is 5.57. The predicted molar refractivity (Wildman–Crippen MR) is 71.6 cm³/mol. The zero-order valence-electron chi connectivity index (χ0n) is 11.8. The van der Waals surface area contributed by atoms with Gasteiger partial charge in [0.25, 0.3) is 0 Å². The molecular formula is C14H26N2O2. The average molecular weight is 254 g/mol. The highest BCUT2D eigenvalue weighted by molar-refractivity contribution is 5.72. The van der Waals surface area contributed by atoms with Crippen LogP contribution in [-0.4, -0.2) is 59.1 Å². The molecule has 2 aliphatic rings. The Balaban J connectivity index is 1.73. The molecule has 0 aromatic carbocycles. The molecule has 0 spiro atoms. The largest absolute Gasteiger partial charge is 0.480 e. The quantitative estimate of drug-likeness (QED) is 0.826. The second-order valence-electron chi connectivity index (χ2n) is 6.22. The van der Waals surface area contributed by atoms with Gasteiger partial charge in [0, 0.05) is 32.2 Å². The lowest BCUT2D eigenvalue weighted by molar-refractivity contribution is -0.143. The molecule has 1 aliphatic carbocycles. The summed E-state index contributed by atoms with van der Waals surface area (Å²) >= 11 is 0. The van der Waals surface area contributed by atoms with E-state index in [1.54, 1.807) is 6.92 Å². The minimum absolute atomic E-state index is 0.336. The Morgan fingerprint density at radius 1 is 1.11 bits per heavy atom. The van der Waals surface area contributed by atoms with Crippen LogP contribution in [0, 0.1) is 11.8 Å². The number of carbonyl (C=O) groups is 1. The van der Waals surface area contributed by atoms with Crippen molar-refractivity contribution in [1.29, 1.82) is 0 Å². The van der Waals surface area contributed by atoms with Crippen molar-refractivity contribution in [2.45, 2.75) is 45.7 Å². The van der Waals surface area contributed by atoms with Gasteiger partial charge in [-0.25, -0.2) is 0 Å². The number of rotatable bonds is 4. The molecule has 1 heterocycles. The number of carboxylic acids is 1. The molecule has 0 radical (unpaired) electrons. The fraction of sp³-hybridized carbons (Fsp3) is 0.929. The van der Waals surface area contributed by atoms with Crippen LogP contribution in [0.5, 0.6) is 0 Å². The zero-order valence-corrected chi connectivity index (χ0v) is 11.8. The van der Waals surface area contributed by atoms with E-state index in [1.807, 2.05) is 0 Å². The molecule has 0 aromatic heterocycles. The third-order valence-corrected chi connectivity index (χ3v) is 4.86. The van der Waals surface area contributed by atoms with E-state index in [4.69, 9.17) is 5.11 Å². The zero-order chi connectivity index (χ0) is 13.3. The molecule has 0 amide bonds. The fourth-order valence-corrected chi connectivity index (χ4v) is 3.12. The maximum Gasteiger partial charge on any atom is 0.320 e. The van der Waals surface area contributed by atoms with Crippen molar-refractivity contribution in [1.82, 2.24) is 9.80 Å². The van der Waals surface area contributed by atoms with Crippen molar-refractivity contribution in [2.24, 2.45) is 11.8 Å². The lowest BCUT2D eigenvalue weighted by Crippen LogP contribution is -2.57. The molecule has 104 valence electrons. The SMILES string of the molecule is CC(C)C1CC(N2CCN(C(C)C(=O)O)CC2)C1. The number of hydrogen-bond donors (Lipinski definition) is 1. The summed E-state index contributed by atoms with van der Waals surface area (Å²) in [6.45, 7) is 10.3. The Labute approximate surface area is 110 Å². The second-order valence-corrected chi connectivity index (χ2v) is 6.22. The predicted octanol–water partition coefficient (Wildman–Crippen LogP) is 1.51. The Kier molecular flexibility index (Phi) is 4.28. The third kappa shape index (κ3) is 2.86. The summed E-state index contributed by atoms with van der Waals surface area (Å²) in [6.07, 6.45) is 2.68. The molecule has 1 saturated heterocycles. The lowest BCUT2D eigenvalue weighted by Gasteiger charge is -2.48. The number of aliphatic carboxylic acids is 1. The van der Waals surface area contributed by atoms with E-state index in [0.717, 1.165) is 44.1 Å². The Bertz CT molecular complexity index is 292. The molecule has 0 bridgehead atoms. The normalized spacial score (nSPS) is 32.2. The summed E-state index contributed by atoms with van der Waals surface area (Å²) in [5.41, 5.74) is 0. The minimum atomic E-state index is -0.702. The van der Waals surface area contributed by atoms with Gasteiger partial charge < -0.3 is 5.11 Å². The summed E-state index contributed by atoms with van der Waals surface area (Å²) in [6, 6.07) is 0.427. The van der Waals surface area contributed by atoms with Gasteiger partial charge in [-0.3, -0.25) is 14.6 Å². The van der Waals surface area contributed by atoms with E-state index in [2.05, 4.69) is 23.6 Å². The fourth-order valence-electron chi connectivity index (χ4n) is 3.12. The number of carboxylic acid groups (broad SMARTS) is 1. The number of nitrogens with zero attached hydrogens (tertiary/aromatic N) is 2. The van der Waals surface area contributed by atoms with Crippen LogP contribution < -0.4 is 0 Å². The van der Waals surface area contributed by atoms with Crippen molar-refractivity contribution in [2.75, 3.05) is 26.2 Å². The molecule has 1 unspecified atom stereocenters. The van der Waals surface area contributed by atoms with Crippen LogP contribution in [0.25, 0.3) is 0 Å². The Hall–Kier alpha value is -0.610. The highest BCUT2D eigenvalue weighted by atomic mass is 16.4. The van der Waals surface area contributed by atoms with Crippen LogP contribution in [0.2, 0.25) is 0 Å². The average Bonchev–Trinajstić information content (AvgIpc) is 2.26. The van der Waals surface area contributed by atoms with Gasteiger partial charge in [0.05, 0.1) is 0 Å². The third-order valence-electron chi connectivity index (χ3n) is 4.86. The summed E-state index contributed by atoms with van der Waals surface area (Å²) in [5.74, 6) is 1.02. The van der Waals surface area contributed by atoms with Gasteiger partial charge in [-0.05, 0) is 31.6 Å². The van der Waals surface area contributed by atoms with Crippen LogP contribution in [0.1, 0.15) is 33.6 Å². The van der Waals surface area contributed by atoms with Gasteiger partial charge in [0.1, 0.15) is 6.04 Å². The van der Waals surface area contributed by atoms with Crippen LogP contribution in [0.15, 0.2) is 0 Å². The van der Waals surface area contributed by atoms with E-state index in [0.29, 0.717) is 0 Å². The monoisotopic (exact) mass is 254 g/mol. The van der Waals surface area contributed by atoms with Gasteiger partial charge >= 0.3 is 5.97 Å². The molecule has 1 atom stereocenters. The van der Waals surface area contributed by atoms with Gasteiger partial charge in [0.2, 0.25) is 0 Å². The molecule has 1 aliphatic heterocycles. The van der Waals surface area contributed by atoms with Gasteiger partial charge in [-0.1, -0.05) is 13.8 Å². The molecule has 2 fully saturated rings. The maximum absolute atomic E-state index is 10.9. The number of piperazine rings is 1. The van der Waals surface area contributed by atoms with Gasteiger partial charge in [0.15, 0.2) is 0 Å². The number of hydrogen-bond acceptors (Lipinski definition) is 3. The first-order chi connectivity index (χ1) is 8.49. The summed E-state index contributed by atoms with van der Waals surface area (Å²) < 4.78 is 0. The smallest absolute Gasteiger partial charge is 0.320 e. The lowest BCUT2D eigenvalue weighted by atomic mass is 9.73. The molecule has 0 aromatic rings. The van der Waals surface area contributed by atoms with E-state index in [-0.39, 0.29) is 6.04 Å². The maximum atomic E-state index is 10.9. The molecule has 4 nitrogen and oxygen atoms in total. The van der Waals surface area contributed by atoms with E-state index >= 15 is 0 Å². The molecule has 4 heteroatoms. The van der Waals surface area contributed by atoms with Crippen molar-refractivity contribution >= 4 is 5.97 Å². The summed E-state index contributed by atoms with van der Waals surface area (Å²) in [7, 11) is 0. The van der Waals surface area contributed by atoms with Crippen LogP contribution in [0.3, 0.4) is 0 Å². The summed E-state index contributed by atoms with van der Waals surface area (Å²) in [5, 5.41) is 9.01.